The third-order valence-electron chi connectivity index (χ3n) is 15.9. The molecular formula is C65H66ClF4N9O4. The van der Waals surface area contributed by atoms with E-state index in [2.05, 4.69) is 56.7 Å². The maximum atomic E-state index is 15.5. The summed E-state index contributed by atoms with van der Waals surface area (Å²) in [5.74, 6) is -2.55. The molecule has 3 aliphatic rings. The molecular weight excluding hydrogens is 1080 g/mol. The van der Waals surface area contributed by atoms with Crippen LogP contribution in [0.1, 0.15) is 181 Å². The van der Waals surface area contributed by atoms with Gasteiger partial charge in [-0.2, -0.15) is 9.97 Å². The van der Waals surface area contributed by atoms with E-state index >= 15 is 8.78 Å². The van der Waals surface area contributed by atoms with E-state index in [-0.39, 0.29) is 68.6 Å². The number of rotatable bonds is 11. The minimum absolute atomic E-state index is 0.0453. The highest BCUT2D eigenvalue weighted by Gasteiger charge is 2.41. The summed E-state index contributed by atoms with van der Waals surface area (Å²) in [7, 11) is 0. The number of hydrogen-bond donors (Lipinski definition) is 3. The smallest absolute Gasteiger partial charge is 0.354 e. The van der Waals surface area contributed by atoms with E-state index in [9.17, 15) is 28.6 Å². The highest BCUT2D eigenvalue weighted by molar-refractivity contribution is 6.31. The first kappa shape index (κ1) is 58.2. The van der Waals surface area contributed by atoms with Gasteiger partial charge in [0.2, 0.25) is 0 Å². The molecule has 6 heterocycles. The van der Waals surface area contributed by atoms with Crippen LogP contribution >= 0.6 is 11.6 Å². The van der Waals surface area contributed by atoms with Gasteiger partial charge >= 0.3 is 11.4 Å². The number of benzene rings is 3. The van der Waals surface area contributed by atoms with Crippen LogP contribution in [0.4, 0.5) is 23.2 Å². The maximum absolute atomic E-state index is 15.5. The monoisotopic (exact) mass is 1150 g/mol. The molecule has 3 fully saturated rings. The first-order valence-corrected chi connectivity index (χ1v) is 28.5. The highest BCUT2D eigenvalue weighted by atomic mass is 35.5. The average Bonchev–Trinajstić information content (AvgIpc) is 2.57. The van der Waals surface area contributed by atoms with Crippen molar-refractivity contribution in [1.82, 2.24) is 39.0 Å². The third kappa shape index (κ3) is 11.2. The Labute approximate surface area is 483 Å². The van der Waals surface area contributed by atoms with E-state index in [1.165, 1.54) is 70.0 Å². The van der Waals surface area contributed by atoms with Crippen LogP contribution in [0.15, 0.2) is 94.8 Å². The molecule has 3 aromatic carbocycles. The van der Waals surface area contributed by atoms with Crippen LogP contribution in [0.25, 0.3) is 56.0 Å². The summed E-state index contributed by atoms with van der Waals surface area (Å²) in [6, 6.07) is 17.9. The van der Waals surface area contributed by atoms with Crippen molar-refractivity contribution in [1.29, 1.82) is 0 Å². The minimum atomic E-state index is -0.830. The third-order valence-corrected chi connectivity index (χ3v) is 16.2. The molecule has 18 heteroatoms. The van der Waals surface area contributed by atoms with Gasteiger partial charge in [-0.1, -0.05) is 86.0 Å². The number of anilines is 1. The molecule has 0 radical (unpaired) electrons. The second kappa shape index (κ2) is 22.6. The molecule has 3 saturated carbocycles. The summed E-state index contributed by atoms with van der Waals surface area (Å²) >= 11 is 6.17. The predicted molar refractivity (Wildman–Crippen MR) is 317 cm³/mol. The standard InChI is InChI=1S/C27H25F2N5O.C25H24F2N4O2.C13H17ClO/c1-13(2)22-17-12-19(29)24(21-18(28)4-3-5-20(21)30)32-26(17)34(27(35)33-22)25-16(14-6-7-14)10-11-31-23(25)15-8-9-15;1-12(2)15-9-10-28-14(5)23(15)31-24-16(21(13(3)4)30-25(31)33)11-18(27)22(29-24)20-17(26)7-6-8-19(20)32;1-8(2)9-6-10(13(3)4-5-13)11(14)7-12(9)15/h3-5,10-15H,6-9,30H2,1-2H3;6-13,32H,1-5H3;6-8,15H,4-5H2,1-3H3. The number of phenolic OH excluding ortho intramolecular Hbond substituents is 2. The Bertz CT molecular complexity index is 4100. The lowest BCUT2D eigenvalue weighted by Crippen LogP contribution is -2.27. The Kier molecular flexibility index (Phi) is 15.8. The van der Waals surface area contributed by atoms with Crippen molar-refractivity contribution in [3.63, 3.8) is 0 Å². The lowest BCUT2D eigenvalue weighted by molar-refractivity contribution is 0.464. The minimum Gasteiger partial charge on any atom is -0.508 e. The summed E-state index contributed by atoms with van der Waals surface area (Å²) in [5.41, 5.74) is 12.1. The van der Waals surface area contributed by atoms with Gasteiger partial charge in [-0.25, -0.2) is 46.3 Å². The number of nitrogens with zero attached hydrogens (tertiary/aromatic N) is 8. The van der Waals surface area contributed by atoms with Gasteiger partial charge in [-0.15, -0.1) is 0 Å². The molecule has 0 saturated heterocycles. The predicted octanol–water partition coefficient (Wildman–Crippen LogP) is 15.2. The molecule has 12 rings (SSSR count). The molecule has 0 spiro atoms. The van der Waals surface area contributed by atoms with Gasteiger partial charge in [0, 0.05) is 39.8 Å². The topological polar surface area (TPSA) is 188 Å². The van der Waals surface area contributed by atoms with Gasteiger partial charge in [0.25, 0.3) is 0 Å². The number of phenols is 2. The fraction of sp³-hybridized carbons (Fsp3) is 0.354. The van der Waals surface area contributed by atoms with Crippen molar-refractivity contribution in [2.24, 2.45) is 0 Å². The van der Waals surface area contributed by atoms with Gasteiger partial charge < -0.3 is 15.9 Å². The number of fused-ring (bicyclic) bond motifs is 2. The number of nitrogen functional groups attached to an aromatic ring is 1. The molecule has 9 aromatic rings. The van der Waals surface area contributed by atoms with Crippen molar-refractivity contribution < 1.29 is 27.8 Å². The van der Waals surface area contributed by atoms with Crippen molar-refractivity contribution in [3.05, 3.63) is 179 Å². The van der Waals surface area contributed by atoms with E-state index in [1.807, 2.05) is 53.7 Å². The van der Waals surface area contributed by atoms with Crippen LogP contribution in [-0.2, 0) is 5.41 Å². The second-order valence-corrected chi connectivity index (χ2v) is 23.9. The first-order chi connectivity index (χ1) is 39.4. The largest absolute Gasteiger partial charge is 0.508 e. The van der Waals surface area contributed by atoms with E-state index in [4.69, 9.17) is 17.3 Å². The van der Waals surface area contributed by atoms with Gasteiger partial charge in [-0.05, 0) is 163 Å². The number of aromatic nitrogens is 8. The molecule has 0 unspecified atom stereocenters. The van der Waals surface area contributed by atoms with E-state index in [0.717, 1.165) is 54.1 Å². The van der Waals surface area contributed by atoms with Crippen molar-refractivity contribution in [2.45, 2.75) is 149 Å². The van der Waals surface area contributed by atoms with Crippen LogP contribution in [0.3, 0.4) is 0 Å². The zero-order chi connectivity index (χ0) is 59.7. The second-order valence-electron chi connectivity index (χ2n) is 23.5. The molecule has 0 aliphatic heterocycles. The number of halogens is 5. The van der Waals surface area contributed by atoms with Gasteiger partial charge in [-0.3, -0.25) is 9.97 Å². The van der Waals surface area contributed by atoms with E-state index in [1.54, 1.807) is 25.4 Å². The van der Waals surface area contributed by atoms with E-state index < -0.39 is 40.4 Å². The Morgan fingerprint density at radius 1 is 0.602 bits per heavy atom. The molecule has 83 heavy (non-hydrogen) atoms. The number of hydrogen-bond acceptors (Lipinski definition) is 11. The number of aryl methyl sites for hydroxylation is 1. The van der Waals surface area contributed by atoms with E-state index in [0.29, 0.717) is 61.8 Å². The molecule has 4 N–H and O–H groups in total. The first-order valence-electron chi connectivity index (χ1n) is 28.2. The molecule has 0 amide bonds. The average molecular weight is 1150 g/mol. The van der Waals surface area contributed by atoms with Gasteiger partial charge in [0.05, 0.1) is 45.3 Å². The Hall–Kier alpha value is -8.05. The lowest BCUT2D eigenvalue weighted by atomic mass is 9.92. The zero-order valence-electron chi connectivity index (χ0n) is 48.0. The summed E-state index contributed by atoms with van der Waals surface area (Å²) in [4.78, 5) is 53.5. The molecule has 0 bridgehead atoms. The summed E-state index contributed by atoms with van der Waals surface area (Å²) in [6.45, 7) is 19.6. The zero-order valence-corrected chi connectivity index (χ0v) is 48.8. The number of nitrogens with two attached hydrogens (primary N) is 1. The SMILES string of the molecule is CC(C)c1cc(C2(C)CC2)c(Cl)cc1O.CC(C)c1nc(=O)n(-c2c(C3CC3)ccnc2C2CC2)c2nc(-c3c(N)cccc3F)c(F)cc12.Cc1nccc(C(C)C)c1-n1c(=O)nc(C(C)C)c2cc(F)c(-c3c(O)cccc3F)nc21. The fourth-order valence-corrected chi connectivity index (χ4v) is 11.2. The molecule has 6 aromatic heterocycles. The molecule has 13 nitrogen and oxygen atoms in total. The Morgan fingerprint density at radius 2 is 1.12 bits per heavy atom. The number of aromatic hydroxyl groups is 2. The van der Waals surface area contributed by atoms with Crippen LogP contribution < -0.4 is 17.1 Å². The molecule has 430 valence electrons. The lowest BCUT2D eigenvalue weighted by Gasteiger charge is -2.20. The van der Waals surface area contributed by atoms with Crippen molar-refractivity contribution in [2.75, 3.05) is 5.73 Å². The number of pyridine rings is 4. The maximum Gasteiger partial charge on any atom is 0.354 e. The van der Waals surface area contributed by atoms with Crippen molar-refractivity contribution in [3.8, 4) is 45.4 Å². The normalized spacial score (nSPS) is 14.6. The van der Waals surface area contributed by atoms with Crippen molar-refractivity contribution >= 4 is 39.4 Å². The molecule has 3 aliphatic carbocycles. The fourth-order valence-electron chi connectivity index (χ4n) is 10.9. The van der Waals surface area contributed by atoms with Gasteiger partial charge in [0.1, 0.15) is 40.3 Å². The highest BCUT2D eigenvalue weighted by Crippen LogP contribution is 2.52. The Morgan fingerprint density at radius 3 is 1.63 bits per heavy atom. The van der Waals surface area contributed by atoms with Crippen LogP contribution in [-0.4, -0.2) is 49.3 Å². The molecule has 0 atom stereocenters. The quantitative estimate of drug-likeness (QED) is 0.0826. The Balaban J connectivity index is 0.000000150. The summed E-state index contributed by atoms with van der Waals surface area (Å²) in [5, 5.41) is 21.5. The van der Waals surface area contributed by atoms with Gasteiger partial charge in [0.15, 0.2) is 17.1 Å². The summed E-state index contributed by atoms with van der Waals surface area (Å²) < 4.78 is 62.9. The van der Waals surface area contributed by atoms with Crippen LogP contribution in [0.2, 0.25) is 5.02 Å². The summed E-state index contributed by atoms with van der Waals surface area (Å²) in [6.07, 6.45) is 9.92. The van der Waals surface area contributed by atoms with Crippen LogP contribution in [0.5, 0.6) is 11.5 Å². The van der Waals surface area contributed by atoms with Crippen LogP contribution in [0, 0.1) is 30.2 Å².